The molecule has 0 aromatic carbocycles. The average Bonchev–Trinajstić information content (AvgIpc) is 2.90. The van der Waals surface area contributed by atoms with Gasteiger partial charge in [-0.2, -0.15) is 0 Å². The van der Waals surface area contributed by atoms with E-state index in [2.05, 4.69) is 10.2 Å². The van der Waals surface area contributed by atoms with Crippen LogP contribution in [-0.4, -0.2) is 43.7 Å². The molecule has 1 aliphatic heterocycles. The molecule has 7 heteroatoms. The van der Waals surface area contributed by atoms with Gasteiger partial charge >= 0.3 is 5.97 Å². The van der Waals surface area contributed by atoms with Gasteiger partial charge in [0.2, 0.25) is 5.91 Å². The Labute approximate surface area is 110 Å². The summed E-state index contributed by atoms with van der Waals surface area (Å²) in [5.41, 5.74) is 0. The maximum absolute atomic E-state index is 12.1. The number of aromatic nitrogens is 3. The van der Waals surface area contributed by atoms with Crippen LogP contribution < -0.4 is 0 Å². The Hall–Kier alpha value is -1.92. The molecule has 1 aromatic rings. The monoisotopic (exact) mass is 264 g/mol. The van der Waals surface area contributed by atoms with Crippen molar-refractivity contribution in [2.45, 2.75) is 32.4 Å². The molecule has 0 bridgehead atoms. The molecule has 1 saturated carbocycles. The molecule has 7 nitrogen and oxygen atoms in total. The molecule has 2 heterocycles. The molecule has 0 saturated heterocycles. The predicted molar refractivity (Wildman–Crippen MR) is 64.0 cm³/mol. The van der Waals surface area contributed by atoms with Crippen LogP contribution in [0.15, 0.2) is 0 Å². The molecule has 1 aromatic heterocycles. The number of aliphatic carboxylic acids is 1. The van der Waals surface area contributed by atoms with Crippen molar-refractivity contribution in [1.29, 1.82) is 0 Å². The molecular formula is C12H16N4O3. The van der Waals surface area contributed by atoms with Gasteiger partial charge in [0.1, 0.15) is 5.82 Å². The number of carboxylic acid groups (broad SMARTS) is 1. The van der Waals surface area contributed by atoms with Crippen LogP contribution in [0.2, 0.25) is 0 Å². The van der Waals surface area contributed by atoms with Gasteiger partial charge in [0.25, 0.3) is 0 Å². The molecule has 0 radical (unpaired) electrons. The molecule has 1 amide bonds. The number of aryl methyl sites for hydroxylation is 1. The zero-order valence-corrected chi connectivity index (χ0v) is 10.7. The van der Waals surface area contributed by atoms with Crippen molar-refractivity contribution >= 4 is 11.9 Å². The Kier molecular flexibility index (Phi) is 2.76. The number of carbonyl (C=O) groups excluding carboxylic acids is 1. The van der Waals surface area contributed by atoms with Crippen molar-refractivity contribution in [1.82, 2.24) is 19.7 Å². The van der Waals surface area contributed by atoms with E-state index in [-0.39, 0.29) is 11.8 Å². The molecule has 1 N–H and O–H groups in total. The standard InChI is InChI=1S/C12H16N4O3/c1-15(11(17)7-5-8(7)12(18)19)6-10-14-13-9-3-2-4-16(9)10/h7-8H,2-6H2,1H3,(H,18,19)/t7-,8+/m1/s1. The van der Waals surface area contributed by atoms with Crippen molar-refractivity contribution in [2.24, 2.45) is 11.8 Å². The van der Waals surface area contributed by atoms with Crippen molar-refractivity contribution in [3.63, 3.8) is 0 Å². The molecule has 1 fully saturated rings. The normalized spacial score (nSPS) is 24.1. The van der Waals surface area contributed by atoms with Gasteiger partial charge in [-0.15, -0.1) is 10.2 Å². The third-order valence-electron chi connectivity index (χ3n) is 3.87. The van der Waals surface area contributed by atoms with Crippen LogP contribution >= 0.6 is 0 Å². The van der Waals surface area contributed by atoms with E-state index in [9.17, 15) is 9.59 Å². The molecule has 102 valence electrons. The molecular weight excluding hydrogens is 248 g/mol. The largest absolute Gasteiger partial charge is 0.481 e. The lowest BCUT2D eigenvalue weighted by atomic mass is 10.3. The first kappa shape index (κ1) is 12.1. The van der Waals surface area contributed by atoms with E-state index in [1.54, 1.807) is 11.9 Å². The number of carbonyl (C=O) groups is 2. The maximum Gasteiger partial charge on any atom is 0.307 e. The lowest BCUT2D eigenvalue weighted by Crippen LogP contribution is -2.30. The number of rotatable bonds is 4. The minimum atomic E-state index is -0.880. The van der Waals surface area contributed by atoms with E-state index >= 15 is 0 Å². The van der Waals surface area contributed by atoms with Crippen LogP contribution in [0.5, 0.6) is 0 Å². The van der Waals surface area contributed by atoms with Crippen molar-refractivity contribution in [2.75, 3.05) is 7.05 Å². The summed E-state index contributed by atoms with van der Waals surface area (Å²) in [6, 6.07) is 0. The van der Waals surface area contributed by atoms with Gasteiger partial charge in [-0.25, -0.2) is 0 Å². The number of hydrogen-bond donors (Lipinski definition) is 1. The molecule has 19 heavy (non-hydrogen) atoms. The van der Waals surface area contributed by atoms with E-state index in [0.29, 0.717) is 13.0 Å². The average molecular weight is 264 g/mol. The highest BCUT2D eigenvalue weighted by Gasteiger charge is 2.49. The number of carboxylic acids is 1. The summed E-state index contributed by atoms with van der Waals surface area (Å²) in [6.45, 7) is 1.30. The van der Waals surface area contributed by atoms with E-state index in [0.717, 1.165) is 31.0 Å². The van der Waals surface area contributed by atoms with Gasteiger partial charge < -0.3 is 14.6 Å². The van der Waals surface area contributed by atoms with Crippen LogP contribution in [0.4, 0.5) is 0 Å². The van der Waals surface area contributed by atoms with Crippen LogP contribution in [0.3, 0.4) is 0 Å². The topological polar surface area (TPSA) is 88.3 Å². The number of fused-ring (bicyclic) bond motifs is 1. The second kappa shape index (κ2) is 4.32. The number of amides is 1. The summed E-state index contributed by atoms with van der Waals surface area (Å²) in [4.78, 5) is 24.4. The summed E-state index contributed by atoms with van der Waals surface area (Å²) in [6.07, 6.45) is 2.46. The Balaban J connectivity index is 1.64. The predicted octanol–water partition coefficient (Wildman–Crippen LogP) is -0.0966. The second-order valence-electron chi connectivity index (χ2n) is 5.27. The van der Waals surface area contributed by atoms with Gasteiger partial charge in [0, 0.05) is 20.0 Å². The molecule has 0 spiro atoms. The lowest BCUT2D eigenvalue weighted by molar-refractivity contribution is -0.141. The first-order valence-electron chi connectivity index (χ1n) is 6.46. The highest BCUT2D eigenvalue weighted by atomic mass is 16.4. The van der Waals surface area contributed by atoms with Gasteiger partial charge in [0.05, 0.1) is 18.4 Å². The highest BCUT2D eigenvalue weighted by molar-refractivity contribution is 5.89. The fourth-order valence-corrected chi connectivity index (χ4v) is 2.64. The molecule has 2 aliphatic rings. The third-order valence-corrected chi connectivity index (χ3v) is 3.87. The van der Waals surface area contributed by atoms with Crippen molar-refractivity contribution in [3.8, 4) is 0 Å². The Morgan fingerprint density at radius 1 is 1.42 bits per heavy atom. The van der Waals surface area contributed by atoms with Crippen LogP contribution in [0.1, 0.15) is 24.5 Å². The SMILES string of the molecule is CN(Cc1nnc2n1CCC2)C(=O)[C@@H]1C[C@@H]1C(=O)O. The fraction of sp³-hybridized carbons (Fsp3) is 0.667. The zero-order chi connectivity index (χ0) is 13.6. The Morgan fingerprint density at radius 2 is 2.21 bits per heavy atom. The number of nitrogens with zero attached hydrogens (tertiary/aromatic N) is 4. The lowest BCUT2D eigenvalue weighted by Gasteiger charge is -2.16. The van der Waals surface area contributed by atoms with E-state index in [1.165, 1.54) is 0 Å². The number of hydrogen-bond acceptors (Lipinski definition) is 4. The molecule has 1 aliphatic carbocycles. The van der Waals surface area contributed by atoms with Gasteiger partial charge in [0.15, 0.2) is 5.82 Å². The molecule has 0 unspecified atom stereocenters. The Bertz CT molecular complexity index is 539. The van der Waals surface area contributed by atoms with Crippen LogP contribution in [0.25, 0.3) is 0 Å². The first-order chi connectivity index (χ1) is 9.08. The summed E-state index contributed by atoms with van der Waals surface area (Å²) in [7, 11) is 1.69. The van der Waals surface area contributed by atoms with Crippen LogP contribution in [0, 0.1) is 11.8 Å². The maximum atomic E-state index is 12.1. The Morgan fingerprint density at radius 3 is 2.89 bits per heavy atom. The summed E-state index contributed by atoms with van der Waals surface area (Å²) >= 11 is 0. The second-order valence-corrected chi connectivity index (χ2v) is 5.27. The van der Waals surface area contributed by atoms with Gasteiger partial charge in [-0.05, 0) is 12.8 Å². The van der Waals surface area contributed by atoms with Crippen molar-refractivity contribution in [3.05, 3.63) is 11.6 Å². The smallest absolute Gasteiger partial charge is 0.307 e. The summed E-state index contributed by atoms with van der Waals surface area (Å²) in [5.74, 6) is -0.0815. The molecule has 3 rings (SSSR count). The van der Waals surface area contributed by atoms with Gasteiger partial charge in [-0.1, -0.05) is 0 Å². The fourth-order valence-electron chi connectivity index (χ4n) is 2.64. The minimum absolute atomic E-state index is 0.109. The van der Waals surface area contributed by atoms with E-state index in [1.807, 2.05) is 4.57 Å². The van der Waals surface area contributed by atoms with E-state index in [4.69, 9.17) is 5.11 Å². The zero-order valence-electron chi connectivity index (χ0n) is 10.7. The third kappa shape index (κ3) is 2.09. The van der Waals surface area contributed by atoms with Gasteiger partial charge in [-0.3, -0.25) is 9.59 Å². The first-order valence-corrected chi connectivity index (χ1v) is 6.46. The summed E-state index contributed by atoms with van der Waals surface area (Å²) in [5, 5.41) is 17.0. The van der Waals surface area contributed by atoms with Crippen molar-refractivity contribution < 1.29 is 14.7 Å². The van der Waals surface area contributed by atoms with E-state index < -0.39 is 11.9 Å². The molecule has 2 atom stereocenters. The highest BCUT2D eigenvalue weighted by Crippen LogP contribution is 2.40. The van der Waals surface area contributed by atoms with Crippen LogP contribution in [-0.2, 0) is 29.1 Å². The minimum Gasteiger partial charge on any atom is -0.481 e. The summed E-state index contributed by atoms with van der Waals surface area (Å²) < 4.78 is 2.05. The quantitative estimate of drug-likeness (QED) is 0.820.